The Bertz CT molecular complexity index is 1850. The van der Waals surface area contributed by atoms with Crippen LogP contribution in [0.1, 0.15) is 143 Å². The molecule has 4 aliphatic rings. The molecule has 0 saturated heterocycles. The maximum absolute atomic E-state index is 3.65. The van der Waals surface area contributed by atoms with E-state index < -0.39 is 0 Å². The van der Waals surface area contributed by atoms with Crippen molar-refractivity contribution in [3.63, 3.8) is 0 Å². The first-order valence-electron chi connectivity index (χ1n) is 18.1. The number of halogens is 2. The largest absolute Gasteiger partial charge is 1.00 e. The molecule has 0 bridgehead atoms. The van der Waals surface area contributed by atoms with Gasteiger partial charge in [0.2, 0.25) is 0 Å². The molecular formula is C47H54Cl2Zr-2. The number of hydrogen-bond acceptors (Lipinski definition) is 0. The Morgan fingerprint density at radius 2 is 1.30 bits per heavy atom. The average molecular weight is 781 g/mol. The van der Waals surface area contributed by atoms with Crippen molar-refractivity contribution in [1.29, 1.82) is 0 Å². The van der Waals surface area contributed by atoms with Gasteiger partial charge >= 0.3 is 76.7 Å². The van der Waals surface area contributed by atoms with Crippen molar-refractivity contribution in [3.05, 3.63) is 135 Å². The van der Waals surface area contributed by atoms with Gasteiger partial charge in [0.15, 0.2) is 0 Å². The Hall–Kier alpha value is -2.18. The van der Waals surface area contributed by atoms with Gasteiger partial charge in [0.05, 0.1) is 0 Å². The van der Waals surface area contributed by atoms with Crippen LogP contribution in [0, 0.1) is 19.9 Å². The maximum atomic E-state index is 3.65. The van der Waals surface area contributed by atoms with Crippen LogP contribution in [-0.2, 0) is 46.9 Å². The van der Waals surface area contributed by atoms with Gasteiger partial charge in [-0.1, -0.05) is 110 Å². The van der Waals surface area contributed by atoms with Gasteiger partial charge in [0, 0.05) is 5.41 Å². The molecule has 0 radical (unpaired) electrons. The molecule has 4 aromatic carbocycles. The minimum absolute atomic E-state index is 0. The van der Waals surface area contributed by atoms with Gasteiger partial charge in [0.1, 0.15) is 0 Å². The molecule has 50 heavy (non-hydrogen) atoms. The summed E-state index contributed by atoms with van der Waals surface area (Å²) in [6.45, 7) is 22.6. The topological polar surface area (TPSA) is 0 Å². The number of aryl methyl sites for hydroxylation is 2. The third-order valence-electron chi connectivity index (χ3n) is 11.5. The SMILES string of the molecule is CC1=[C-]C(C)(C)c2cc3c(cc21)-c1cc2c(cc1C3)C(C)(C)C=C2C.C[C](=[Zr+2])c1ccc(C)cc1.Cc1cc(C2(C)CCCCC2)c[cH-]1.[Cl-].[Cl-]. The van der Waals surface area contributed by atoms with E-state index in [9.17, 15) is 0 Å². The summed E-state index contributed by atoms with van der Waals surface area (Å²) >= 11 is 1.51. The summed E-state index contributed by atoms with van der Waals surface area (Å²) in [4.78, 5) is 0. The molecule has 262 valence electrons. The van der Waals surface area contributed by atoms with Gasteiger partial charge < -0.3 is 24.8 Å². The molecule has 0 aliphatic heterocycles. The standard InChI is InChI=1S/C25H25.C13H19.C9H10.2ClH.Zr/c1-14-12-24(3,4)22-8-16-7-17-9-23-19(15(2)13-25(23,5)6)11-21(17)20(16)10-18(14)22;1-11-6-7-12(10-11)13(2)8-4-3-5-9-13;1-3-9-6-4-8(2)5-7-9;;;/h8-12H,7H2,1-6H3;6-7,10H,3-5,8-9H2,1-2H3;4-7H,1-2H3;2*1H;/q2*-1;;;;+2/p-2. The van der Waals surface area contributed by atoms with Crippen molar-refractivity contribution >= 4 is 14.4 Å². The van der Waals surface area contributed by atoms with Crippen LogP contribution in [0.2, 0.25) is 0 Å². The maximum Gasteiger partial charge on any atom is -0.0533 e. The molecule has 1 saturated carbocycles. The molecule has 4 aliphatic carbocycles. The molecule has 1 fully saturated rings. The molecule has 0 unspecified atom stereocenters. The van der Waals surface area contributed by atoms with Gasteiger partial charge in [-0.05, 0) is 58.4 Å². The van der Waals surface area contributed by atoms with Crippen LogP contribution in [0.25, 0.3) is 22.3 Å². The summed E-state index contributed by atoms with van der Waals surface area (Å²) in [5.41, 5.74) is 20.7. The quantitative estimate of drug-likeness (QED) is 0.180. The van der Waals surface area contributed by atoms with Gasteiger partial charge in [-0.2, -0.15) is 28.8 Å². The first-order valence-corrected chi connectivity index (χ1v) is 19.3. The molecule has 0 heterocycles. The predicted molar refractivity (Wildman–Crippen MR) is 205 cm³/mol. The van der Waals surface area contributed by atoms with Crippen LogP contribution < -0.4 is 24.8 Å². The number of fused-ring (bicyclic) bond motifs is 5. The first-order chi connectivity index (χ1) is 22.6. The molecule has 3 heteroatoms. The molecule has 0 spiro atoms. The van der Waals surface area contributed by atoms with Crippen LogP contribution in [0.5, 0.6) is 0 Å². The zero-order valence-corrected chi connectivity index (χ0v) is 35.9. The molecular weight excluding hydrogens is 727 g/mol. The van der Waals surface area contributed by atoms with Crippen LogP contribution in [0.3, 0.4) is 0 Å². The number of hydrogen-bond donors (Lipinski definition) is 0. The molecule has 0 nitrogen and oxygen atoms in total. The van der Waals surface area contributed by atoms with Gasteiger partial charge in [-0.3, -0.25) is 6.08 Å². The Labute approximate surface area is 330 Å². The minimum Gasteiger partial charge on any atom is -1.00 e. The van der Waals surface area contributed by atoms with Crippen molar-refractivity contribution in [2.75, 3.05) is 0 Å². The Balaban J connectivity index is 0.000000190. The predicted octanol–water partition coefficient (Wildman–Crippen LogP) is 6.48. The van der Waals surface area contributed by atoms with Gasteiger partial charge in [0.25, 0.3) is 0 Å². The summed E-state index contributed by atoms with van der Waals surface area (Å²) in [5.74, 6) is 0. The third-order valence-corrected chi connectivity index (χ3v) is 12.2. The smallest absolute Gasteiger partial charge is 0.0533 e. The number of allylic oxidation sites excluding steroid dienone is 4. The zero-order chi connectivity index (χ0) is 34.6. The van der Waals surface area contributed by atoms with Gasteiger partial charge in [-0.25, -0.2) is 11.6 Å². The third kappa shape index (κ3) is 8.07. The normalized spacial score (nSPS) is 17.8. The second kappa shape index (κ2) is 15.4. The Kier molecular flexibility index (Phi) is 12.5. The van der Waals surface area contributed by atoms with E-state index in [-0.39, 0.29) is 35.6 Å². The fraction of sp³-hybridized carbons (Fsp3) is 0.404. The van der Waals surface area contributed by atoms with Crippen molar-refractivity contribution in [3.8, 4) is 11.1 Å². The van der Waals surface area contributed by atoms with E-state index in [1.807, 2.05) is 0 Å². The first kappa shape index (κ1) is 40.6. The molecule has 0 aromatic heterocycles. The average Bonchev–Trinajstić information content (AvgIpc) is 3.74. The van der Waals surface area contributed by atoms with Crippen LogP contribution in [0.4, 0.5) is 0 Å². The summed E-state index contributed by atoms with van der Waals surface area (Å²) in [5, 5.41) is 0. The van der Waals surface area contributed by atoms with Gasteiger partial charge in [-0.15, -0.1) is 11.6 Å². The van der Waals surface area contributed by atoms with Crippen LogP contribution in [0.15, 0.2) is 72.8 Å². The molecule has 0 amide bonds. The van der Waals surface area contributed by atoms with Crippen molar-refractivity contribution in [1.82, 2.24) is 0 Å². The summed E-state index contributed by atoms with van der Waals surface area (Å²) in [6.07, 6.45) is 14.2. The summed E-state index contributed by atoms with van der Waals surface area (Å²) < 4.78 is 1.46. The fourth-order valence-electron chi connectivity index (χ4n) is 8.64. The fourth-order valence-corrected chi connectivity index (χ4v) is 9.05. The van der Waals surface area contributed by atoms with E-state index in [0.29, 0.717) is 5.41 Å². The number of rotatable bonds is 2. The molecule has 8 rings (SSSR count). The molecule has 4 aromatic rings. The summed E-state index contributed by atoms with van der Waals surface area (Å²) in [6, 6.07) is 25.4. The van der Waals surface area contributed by atoms with E-state index >= 15 is 0 Å². The number of benzene rings is 3. The zero-order valence-electron chi connectivity index (χ0n) is 31.9. The van der Waals surface area contributed by atoms with E-state index in [4.69, 9.17) is 0 Å². The Morgan fingerprint density at radius 3 is 1.86 bits per heavy atom. The van der Waals surface area contributed by atoms with Crippen LogP contribution >= 0.6 is 0 Å². The summed E-state index contributed by atoms with van der Waals surface area (Å²) in [7, 11) is 0. The second-order valence-electron chi connectivity index (χ2n) is 16.5. The monoisotopic (exact) mass is 778 g/mol. The van der Waals surface area contributed by atoms with E-state index in [2.05, 4.69) is 148 Å². The van der Waals surface area contributed by atoms with E-state index in [1.54, 1.807) is 5.56 Å². The van der Waals surface area contributed by atoms with Crippen molar-refractivity contribution < 1.29 is 49.0 Å². The van der Waals surface area contributed by atoms with Crippen LogP contribution in [-0.4, -0.2) is 3.21 Å². The molecule has 0 N–H and O–H groups in total. The molecule has 0 atom stereocenters. The van der Waals surface area contributed by atoms with Crippen molar-refractivity contribution in [2.45, 2.75) is 124 Å². The Morgan fingerprint density at radius 1 is 0.720 bits per heavy atom. The van der Waals surface area contributed by atoms with Crippen molar-refractivity contribution in [2.24, 2.45) is 0 Å². The minimum atomic E-state index is 0. The van der Waals surface area contributed by atoms with E-state index in [1.165, 1.54) is 132 Å². The second-order valence-corrected chi connectivity index (χ2v) is 18.3. The van der Waals surface area contributed by atoms with E-state index in [0.717, 1.165) is 6.42 Å².